The second-order valence-electron chi connectivity index (χ2n) is 5.42. The molecule has 1 N–H and O–H groups in total. The number of rotatable bonds is 3. The molecule has 0 bridgehead atoms. The molecule has 3 rings (SSSR count). The Morgan fingerprint density at radius 3 is 2.89 bits per heavy atom. The smallest absolute Gasteiger partial charge is 0.0951 e. The summed E-state index contributed by atoms with van der Waals surface area (Å²) in [5.41, 5.74) is 1.58. The van der Waals surface area contributed by atoms with Gasteiger partial charge in [-0.05, 0) is 38.1 Å². The molecule has 5 heteroatoms. The normalized spacial score (nSPS) is 18.6. The molecular formula is C14H18ClN3S. The fourth-order valence-corrected chi connectivity index (χ4v) is 3.88. The molecule has 2 aromatic rings. The van der Waals surface area contributed by atoms with Crippen LogP contribution in [0.15, 0.2) is 24.7 Å². The zero-order chi connectivity index (χ0) is 13.3. The van der Waals surface area contributed by atoms with Gasteiger partial charge in [0.05, 0.1) is 17.2 Å². The van der Waals surface area contributed by atoms with Crippen molar-refractivity contribution in [1.82, 2.24) is 14.9 Å². The third kappa shape index (κ3) is 2.71. The Morgan fingerprint density at radius 1 is 1.42 bits per heavy atom. The van der Waals surface area contributed by atoms with Crippen LogP contribution in [0.3, 0.4) is 0 Å². The maximum absolute atomic E-state index is 6.00. The second-order valence-corrected chi connectivity index (χ2v) is 7.22. The monoisotopic (exact) mass is 295 g/mol. The first-order chi connectivity index (χ1) is 9.17. The van der Waals surface area contributed by atoms with Gasteiger partial charge in [0.15, 0.2) is 0 Å². The van der Waals surface area contributed by atoms with Crippen LogP contribution in [0, 0.1) is 0 Å². The lowest BCUT2D eigenvalue weighted by molar-refractivity contribution is 0.319. The molecule has 2 aromatic heterocycles. The van der Waals surface area contributed by atoms with E-state index >= 15 is 0 Å². The zero-order valence-electron chi connectivity index (χ0n) is 11.0. The summed E-state index contributed by atoms with van der Waals surface area (Å²) in [6, 6.07) is 4.06. The van der Waals surface area contributed by atoms with Gasteiger partial charge in [0.25, 0.3) is 0 Å². The fraction of sp³-hybridized carbons (Fsp3) is 0.500. The predicted molar refractivity (Wildman–Crippen MR) is 80.1 cm³/mol. The predicted octanol–water partition coefficient (Wildman–Crippen LogP) is 3.29. The lowest BCUT2D eigenvalue weighted by Crippen LogP contribution is -2.39. The maximum Gasteiger partial charge on any atom is 0.0951 e. The molecular weight excluding hydrogens is 278 g/mol. The molecule has 0 radical (unpaired) electrons. The fourth-order valence-electron chi connectivity index (χ4n) is 2.79. The highest BCUT2D eigenvalue weighted by molar-refractivity contribution is 7.16. The van der Waals surface area contributed by atoms with Gasteiger partial charge in [-0.1, -0.05) is 18.5 Å². The van der Waals surface area contributed by atoms with Crippen molar-refractivity contribution >= 4 is 22.9 Å². The molecule has 0 atom stereocenters. The standard InChI is InChI=1S/C14H18ClN3S/c1-14(4-6-16-7-5-14)12-8-17-10-18(12)9-11-2-3-13(15)19-11/h2-3,8,10,16H,4-7,9H2,1H3. The topological polar surface area (TPSA) is 29.9 Å². The quantitative estimate of drug-likeness (QED) is 0.942. The largest absolute Gasteiger partial charge is 0.329 e. The van der Waals surface area contributed by atoms with Gasteiger partial charge in [-0.25, -0.2) is 4.98 Å². The summed E-state index contributed by atoms with van der Waals surface area (Å²) in [5, 5.41) is 3.43. The van der Waals surface area contributed by atoms with Crippen LogP contribution in [0.4, 0.5) is 0 Å². The number of imidazole rings is 1. The number of halogens is 1. The minimum absolute atomic E-state index is 0.239. The average Bonchev–Trinajstić information content (AvgIpc) is 3.00. The molecule has 0 amide bonds. The summed E-state index contributed by atoms with van der Waals surface area (Å²) in [7, 11) is 0. The lowest BCUT2D eigenvalue weighted by Gasteiger charge is -2.34. The molecule has 0 aromatic carbocycles. The van der Waals surface area contributed by atoms with Crippen molar-refractivity contribution in [2.75, 3.05) is 13.1 Å². The summed E-state index contributed by atoms with van der Waals surface area (Å²) in [4.78, 5) is 5.64. The molecule has 3 heterocycles. The number of hydrogen-bond acceptors (Lipinski definition) is 3. The van der Waals surface area contributed by atoms with Crippen LogP contribution in [0.1, 0.15) is 30.3 Å². The maximum atomic E-state index is 6.00. The van der Waals surface area contributed by atoms with E-state index in [1.165, 1.54) is 23.4 Å². The van der Waals surface area contributed by atoms with Crippen molar-refractivity contribution in [1.29, 1.82) is 0 Å². The second kappa shape index (κ2) is 5.27. The van der Waals surface area contributed by atoms with E-state index in [1.54, 1.807) is 11.3 Å². The van der Waals surface area contributed by atoms with Gasteiger partial charge in [-0.3, -0.25) is 0 Å². The number of aromatic nitrogens is 2. The van der Waals surface area contributed by atoms with Gasteiger partial charge in [-0.2, -0.15) is 0 Å². The third-order valence-corrected chi connectivity index (χ3v) is 5.21. The lowest BCUT2D eigenvalue weighted by atomic mass is 9.78. The number of thiophene rings is 1. The Morgan fingerprint density at radius 2 is 2.21 bits per heavy atom. The van der Waals surface area contributed by atoms with Crippen LogP contribution in [0.25, 0.3) is 0 Å². The van der Waals surface area contributed by atoms with Crippen LogP contribution in [0.5, 0.6) is 0 Å². The van der Waals surface area contributed by atoms with Crippen molar-refractivity contribution in [3.05, 3.63) is 39.6 Å². The van der Waals surface area contributed by atoms with E-state index in [0.29, 0.717) is 0 Å². The van der Waals surface area contributed by atoms with Crippen molar-refractivity contribution < 1.29 is 0 Å². The Bertz CT molecular complexity index is 555. The molecule has 0 aliphatic carbocycles. The minimum atomic E-state index is 0.239. The van der Waals surface area contributed by atoms with Crippen LogP contribution >= 0.6 is 22.9 Å². The number of nitrogens with zero attached hydrogens (tertiary/aromatic N) is 2. The van der Waals surface area contributed by atoms with Crippen molar-refractivity contribution in [2.24, 2.45) is 0 Å². The molecule has 1 fully saturated rings. The van der Waals surface area contributed by atoms with Gasteiger partial charge in [0.2, 0.25) is 0 Å². The van der Waals surface area contributed by atoms with Crippen LogP contribution in [-0.4, -0.2) is 22.6 Å². The highest BCUT2D eigenvalue weighted by atomic mass is 35.5. The summed E-state index contributed by atoms with van der Waals surface area (Å²) in [6.45, 7) is 5.40. The van der Waals surface area contributed by atoms with Gasteiger partial charge in [0, 0.05) is 22.2 Å². The Balaban J connectivity index is 1.85. The molecule has 0 spiro atoms. The van der Waals surface area contributed by atoms with Gasteiger partial charge in [0.1, 0.15) is 0 Å². The van der Waals surface area contributed by atoms with E-state index in [2.05, 4.69) is 27.9 Å². The van der Waals surface area contributed by atoms with E-state index in [9.17, 15) is 0 Å². The van der Waals surface area contributed by atoms with E-state index in [0.717, 1.165) is 24.0 Å². The van der Waals surface area contributed by atoms with Gasteiger partial charge >= 0.3 is 0 Å². The molecule has 1 aliphatic rings. The van der Waals surface area contributed by atoms with E-state index in [4.69, 9.17) is 11.6 Å². The molecule has 0 saturated carbocycles. The highest BCUT2D eigenvalue weighted by Crippen LogP contribution is 2.33. The average molecular weight is 296 g/mol. The van der Waals surface area contributed by atoms with Crippen molar-refractivity contribution in [3.63, 3.8) is 0 Å². The van der Waals surface area contributed by atoms with Crippen LogP contribution in [0.2, 0.25) is 4.34 Å². The number of hydrogen-bond donors (Lipinski definition) is 1. The molecule has 102 valence electrons. The Kier molecular flexibility index (Phi) is 3.65. The molecule has 3 nitrogen and oxygen atoms in total. The van der Waals surface area contributed by atoms with E-state index in [1.807, 2.05) is 18.6 Å². The summed E-state index contributed by atoms with van der Waals surface area (Å²) in [5.74, 6) is 0. The zero-order valence-corrected chi connectivity index (χ0v) is 12.6. The molecule has 0 unspecified atom stereocenters. The molecule has 1 aliphatic heterocycles. The SMILES string of the molecule is CC1(c2cncn2Cc2ccc(Cl)s2)CCNCC1. The minimum Gasteiger partial charge on any atom is -0.329 e. The highest BCUT2D eigenvalue weighted by Gasteiger charge is 2.31. The van der Waals surface area contributed by atoms with Crippen LogP contribution in [-0.2, 0) is 12.0 Å². The van der Waals surface area contributed by atoms with E-state index < -0.39 is 0 Å². The van der Waals surface area contributed by atoms with E-state index in [-0.39, 0.29) is 5.41 Å². The third-order valence-electron chi connectivity index (χ3n) is 3.99. The van der Waals surface area contributed by atoms with Gasteiger partial charge < -0.3 is 9.88 Å². The van der Waals surface area contributed by atoms with Gasteiger partial charge in [-0.15, -0.1) is 11.3 Å². The van der Waals surface area contributed by atoms with Crippen LogP contribution < -0.4 is 5.32 Å². The number of nitrogens with one attached hydrogen (secondary N) is 1. The Labute approximate surface area is 122 Å². The number of piperidine rings is 1. The first kappa shape index (κ1) is 13.2. The first-order valence-corrected chi connectivity index (χ1v) is 7.82. The summed E-state index contributed by atoms with van der Waals surface area (Å²) in [6.07, 6.45) is 6.31. The molecule has 1 saturated heterocycles. The summed E-state index contributed by atoms with van der Waals surface area (Å²) >= 11 is 7.65. The summed E-state index contributed by atoms with van der Waals surface area (Å²) < 4.78 is 3.12. The molecule has 19 heavy (non-hydrogen) atoms. The van der Waals surface area contributed by atoms with Crippen molar-refractivity contribution in [2.45, 2.75) is 31.7 Å². The Hall–Kier alpha value is -0.840. The van der Waals surface area contributed by atoms with Crippen molar-refractivity contribution in [3.8, 4) is 0 Å². The first-order valence-electron chi connectivity index (χ1n) is 6.63.